The third-order valence-corrected chi connectivity index (χ3v) is 5.25. The van der Waals surface area contributed by atoms with Crippen molar-refractivity contribution in [1.82, 2.24) is 14.4 Å². The Kier molecular flexibility index (Phi) is 4.22. The average Bonchev–Trinajstić information content (AvgIpc) is 3.35. The molecule has 2 fully saturated rings. The van der Waals surface area contributed by atoms with Crippen molar-refractivity contribution in [2.24, 2.45) is 4.99 Å². The highest BCUT2D eigenvalue weighted by Gasteiger charge is 2.53. The number of imidazole rings is 1. The van der Waals surface area contributed by atoms with Gasteiger partial charge in [0.15, 0.2) is 0 Å². The Morgan fingerprint density at radius 3 is 2.89 bits per heavy atom. The number of urea groups is 1. The fourth-order valence-electron chi connectivity index (χ4n) is 3.79. The molecule has 10 nitrogen and oxygen atoms in total. The van der Waals surface area contributed by atoms with E-state index in [1.54, 1.807) is 11.6 Å². The molecule has 2 atom stereocenters. The lowest BCUT2D eigenvalue weighted by molar-refractivity contribution is -0.677. The number of carbonyl (C=O) groups is 3. The van der Waals surface area contributed by atoms with Gasteiger partial charge in [0, 0.05) is 13.7 Å². The number of hydrogen-bond donors (Lipinski definition) is 0. The van der Waals surface area contributed by atoms with Crippen LogP contribution in [0.4, 0.5) is 10.7 Å². The molecule has 3 aliphatic heterocycles. The molecule has 0 aliphatic carbocycles. The smallest absolute Gasteiger partial charge is 0.402 e. The number of aryl methyl sites for hydroxylation is 1. The summed E-state index contributed by atoms with van der Waals surface area (Å²) in [6.45, 7) is 2.93. The number of fused-ring (bicyclic) bond motifs is 3. The summed E-state index contributed by atoms with van der Waals surface area (Å²) < 4.78 is 14.1. The zero-order chi connectivity index (χ0) is 19.3. The average molecular weight is 376 g/mol. The van der Waals surface area contributed by atoms with Crippen molar-refractivity contribution in [2.75, 3.05) is 27.3 Å². The van der Waals surface area contributed by atoms with Crippen LogP contribution in [-0.4, -0.2) is 71.5 Å². The molecule has 144 valence electrons. The van der Waals surface area contributed by atoms with E-state index in [4.69, 9.17) is 4.74 Å². The lowest BCUT2D eigenvalue weighted by atomic mass is 10.1. The first kappa shape index (κ1) is 17.7. The number of esters is 1. The zero-order valence-corrected chi connectivity index (χ0v) is 15.5. The van der Waals surface area contributed by atoms with Gasteiger partial charge in [-0.05, 0) is 19.8 Å². The van der Waals surface area contributed by atoms with Crippen LogP contribution in [0.25, 0.3) is 0 Å². The molecule has 4 rings (SSSR count). The Balaban J connectivity index is 1.69. The van der Waals surface area contributed by atoms with E-state index in [-0.39, 0.29) is 6.10 Å². The van der Waals surface area contributed by atoms with Gasteiger partial charge in [-0.15, -0.1) is 0 Å². The summed E-state index contributed by atoms with van der Waals surface area (Å²) in [4.78, 5) is 43.9. The highest BCUT2D eigenvalue weighted by Crippen LogP contribution is 2.30. The first-order valence-corrected chi connectivity index (χ1v) is 8.89. The van der Waals surface area contributed by atoms with Crippen LogP contribution in [0.15, 0.2) is 11.2 Å². The lowest BCUT2D eigenvalue weighted by Crippen LogP contribution is -2.63. The van der Waals surface area contributed by atoms with Crippen molar-refractivity contribution < 1.29 is 28.4 Å². The van der Waals surface area contributed by atoms with Crippen LogP contribution in [0.5, 0.6) is 0 Å². The van der Waals surface area contributed by atoms with Gasteiger partial charge in [-0.25, -0.2) is 18.8 Å². The third-order valence-electron chi connectivity index (χ3n) is 5.25. The topological polar surface area (TPSA) is 97.3 Å². The highest BCUT2D eigenvalue weighted by atomic mass is 16.5. The van der Waals surface area contributed by atoms with Crippen LogP contribution in [0.3, 0.4) is 0 Å². The fourth-order valence-corrected chi connectivity index (χ4v) is 3.79. The first-order chi connectivity index (χ1) is 12.9. The molecule has 3 aliphatic rings. The van der Waals surface area contributed by atoms with E-state index < -0.39 is 30.5 Å². The Morgan fingerprint density at radius 2 is 2.22 bits per heavy atom. The van der Waals surface area contributed by atoms with Crippen molar-refractivity contribution >= 4 is 29.7 Å². The van der Waals surface area contributed by atoms with Crippen molar-refractivity contribution in [3.05, 3.63) is 11.9 Å². The van der Waals surface area contributed by atoms with Gasteiger partial charge in [-0.2, -0.15) is 0 Å². The minimum Gasteiger partial charge on any atom is -0.468 e. The molecule has 0 aromatic carbocycles. The Hall–Kier alpha value is -2.75. The Bertz CT molecular complexity index is 854. The minimum atomic E-state index is -0.767. The molecule has 3 amide bonds. The lowest BCUT2D eigenvalue weighted by Gasteiger charge is -2.32. The van der Waals surface area contributed by atoms with Gasteiger partial charge in [-0.1, -0.05) is 4.99 Å². The van der Waals surface area contributed by atoms with Crippen LogP contribution in [0.1, 0.15) is 24.6 Å². The van der Waals surface area contributed by atoms with Gasteiger partial charge in [0.25, 0.3) is 5.91 Å². The van der Waals surface area contributed by atoms with E-state index in [0.29, 0.717) is 18.3 Å². The van der Waals surface area contributed by atoms with Gasteiger partial charge >= 0.3 is 17.9 Å². The monoisotopic (exact) mass is 376 g/mol. The molecule has 0 bridgehead atoms. The van der Waals surface area contributed by atoms with Crippen LogP contribution in [0.2, 0.25) is 0 Å². The molecule has 1 aromatic rings. The predicted octanol–water partition coefficient (Wildman–Crippen LogP) is -0.0853. The number of amides is 3. The quantitative estimate of drug-likeness (QED) is 0.541. The van der Waals surface area contributed by atoms with E-state index in [1.165, 1.54) is 12.0 Å². The molecule has 0 N–H and O–H groups in total. The van der Waals surface area contributed by atoms with Gasteiger partial charge in [0.2, 0.25) is 11.9 Å². The maximum atomic E-state index is 13.0. The van der Waals surface area contributed by atoms with Crippen molar-refractivity contribution in [2.45, 2.75) is 38.5 Å². The van der Waals surface area contributed by atoms with Crippen molar-refractivity contribution in [3.8, 4) is 0 Å². The number of methoxy groups -OCH3 is 1. The molecule has 2 unspecified atom stereocenters. The molecule has 10 heteroatoms. The number of aliphatic imine (C=N–C) groups is 1. The van der Waals surface area contributed by atoms with Crippen LogP contribution >= 0.6 is 0 Å². The van der Waals surface area contributed by atoms with Crippen molar-refractivity contribution in [1.29, 1.82) is 0 Å². The standard InChI is InChI=1S/C17H22N5O5/c1-10-7-21-13-14(18-16(21)20(10)8-11-5-4-6-27-11)19(2)17(25)22(15(13)24)9-12(23)26-3/h7,11,13H,4-6,8-9H2,1-3H3/q+1. The van der Waals surface area contributed by atoms with Crippen LogP contribution < -0.4 is 4.57 Å². The highest BCUT2D eigenvalue weighted by molar-refractivity contribution is 6.19. The summed E-state index contributed by atoms with van der Waals surface area (Å²) in [6, 6.07) is -1.36. The van der Waals surface area contributed by atoms with E-state index in [2.05, 4.69) is 9.73 Å². The third kappa shape index (κ3) is 2.71. The molecule has 4 heterocycles. The number of likely N-dealkylation sites (N-methyl/N-ethyl adjacent to an activating group) is 1. The maximum absolute atomic E-state index is 13.0. The molecule has 27 heavy (non-hydrogen) atoms. The molecule has 0 saturated carbocycles. The molecule has 1 aromatic heterocycles. The predicted molar refractivity (Wildman–Crippen MR) is 91.4 cm³/mol. The van der Waals surface area contributed by atoms with Gasteiger partial charge in [-0.3, -0.25) is 14.5 Å². The van der Waals surface area contributed by atoms with E-state index in [1.807, 2.05) is 17.7 Å². The summed E-state index contributed by atoms with van der Waals surface area (Å²) in [7, 11) is 2.77. The van der Waals surface area contributed by atoms with E-state index in [0.717, 1.165) is 30.0 Å². The minimum absolute atomic E-state index is 0.120. The van der Waals surface area contributed by atoms with Crippen molar-refractivity contribution in [3.63, 3.8) is 0 Å². The first-order valence-electron chi connectivity index (χ1n) is 8.89. The largest absolute Gasteiger partial charge is 0.468 e. The number of amidine groups is 1. The number of ether oxygens (including phenoxy) is 2. The van der Waals surface area contributed by atoms with Gasteiger partial charge < -0.3 is 9.47 Å². The zero-order valence-electron chi connectivity index (χ0n) is 15.5. The second-order valence-corrected chi connectivity index (χ2v) is 6.94. The van der Waals surface area contributed by atoms with E-state index in [9.17, 15) is 14.4 Å². The molecule has 0 radical (unpaired) electrons. The summed E-state index contributed by atoms with van der Waals surface area (Å²) in [5.74, 6) is -0.167. The number of rotatable bonds is 4. The number of imide groups is 1. The fraction of sp³-hybridized carbons (Fsp3) is 0.588. The molecule has 2 saturated heterocycles. The Morgan fingerprint density at radius 1 is 1.44 bits per heavy atom. The summed E-state index contributed by atoms with van der Waals surface area (Å²) in [6.07, 6.45) is 4.00. The summed E-state index contributed by atoms with van der Waals surface area (Å²) in [5.41, 5.74) is 0.954. The SMILES string of the molecule is COC(=O)CN1C(=O)C2C(=Nc3n(CC4CCCO4)c(C)c[n+]32)N(C)C1=O. The molecular formula is C17H22N5O5+. The summed E-state index contributed by atoms with van der Waals surface area (Å²) >= 11 is 0. The van der Waals surface area contributed by atoms with Gasteiger partial charge in [0.05, 0.1) is 19.8 Å². The second-order valence-electron chi connectivity index (χ2n) is 6.94. The Labute approximate surface area is 155 Å². The second kappa shape index (κ2) is 6.45. The van der Waals surface area contributed by atoms with Gasteiger partial charge in [0.1, 0.15) is 18.4 Å². The maximum Gasteiger partial charge on any atom is 0.402 e. The number of hydrogen-bond acceptors (Lipinski definition) is 6. The molecule has 0 spiro atoms. The van der Waals surface area contributed by atoms with E-state index >= 15 is 0 Å². The number of carbonyl (C=O) groups excluding carboxylic acids is 3. The molecular weight excluding hydrogens is 354 g/mol. The normalized spacial score (nSPS) is 24.2. The van der Waals surface area contributed by atoms with Crippen LogP contribution in [-0.2, 0) is 25.6 Å². The van der Waals surface area contributed by atoms with Crippen LogP contribution in [0, 0.1) is 6.92 Å². The number of aromatic nitrogens is 2. The summed E-state index contributed by atoms with van der Waals surface area (Å²) in [5, 5.41) is 0. The number of nitrogens with zero attached hydrogens (tertiary/aromatic N) is 5.